The lowest BCUT2D eigenvalue weighted by atomic mass is 9.99. The van der Waals surface area contributed by atoms with Crippen LogP contribution in [0.4, 0.5) is 4.39 Å². The van der Waals surface area contributed by atoms with Crippen molar-refractivity contribution >= 4 is 33.4 Å². The van der Waals surface area contributed by atoms with Gasteiger partial charge in [-0.1, -0.05) is 39.7 Å². The number of nitrogens with zero attached hydrogens (tertiary/aromatic N) is 1. The van der Waals surface area contributed by atoms with Gasteiger partial charge in [-0.2, -0.15) is 0 Å². The molecule has 0 spiro atoms. The highest BCUT2D eigenvalue weighted by molar-refractivity contribution is 9.10. The molecule has 1 aliphatic rings. The zero-order chi connectivity index (χ0) is 15.7. The quantitative estimate of drug-likeness (QED) is 0.725. The fourth-order valence-electron chi connectivity index (χ4n) is 2.79. The van der Waals surface area contributed by atoms with E-state index in [1.54, 1.807) is 4.90 Å². The van der Waals surface area contributed by atoms with Crippen LogP contribution in [0.25, 0.3) is 0 Å². The maximum absolute atomic E-state index is 13.2. The van der Waals surface area contributed by atoms with E-state index < -0.39 is 5.82 Å². The second-order valence-corrected chi connectivity index (χ2v) is 6.74. The fraction of sp³-hybridized carbons (Fsp3) is 0.235. The number of benzene rings is 2. The first-order chi connectivity index (χ1) is 10.5. The molecule has 0 N–H and O–H groups in total. The van der Waals surface area contributed by atoms with Gasteiger partial charge in [0.15, 0.2) is 0 Å². The summed E-state index contributed by atoms with van der Waals surface area (Å²) in [4.78, 5) is 14.3. The molecule has 1 saturated heterocycles. The standard InChI is InChI=1S/C17H14BrClFNO/c18-14-3-1-2-11(8-14)13-6-7-21(10-13)17(22)12-4-5-16(20)15(19)9-12/h1-5,8-9,13H,6-7,10H2. The summed E-state index contributed by atoms with van der Waals surface area (Å²) < 4.78 is 14.2. The fourth-order valence-corrected chi connectivity index (χ4v) is 3.39. The Bertz CT molecular complexity index is 722. The van der Waals surface area contributed by atoms with Crippen molar-refractivity contribution in [1.29, 1.82) is 0 Å². The third-order valence-electron chi connectivity index (χ3n) is 3.96. The van der Waals surface area contributed by atoms with Gasteiger partial charge in [-0.3, -0.25) is 4.79 Å². The lowest BCUT2D eigenvalue weighted by Crippen LogP contribution is -2.28. The highest BCUT2D eigenvalue weighted by Gasteiger charge is 2.28. The Morgan fingerprint density at radius 1 is 1.27 bits per heavy atom. The molecule has 1 fully saturated rings. The van der Waals surface area contributed by atoms with Gasteiger partial charge in [-0.25, -0.2) is 4.39 Å². The highest BCUT2D eigenvalue weighted by atomic mass is 79.9. The summed E-state index contributed by atoms with van der Waals surface area (Å²) >= 11 is 9.23. The molecule has 0 saturated carbocycles. The highest BCUT2D eigenvalue weighted by Crippen LogP contribution is 2.30. The molecule has 3 rings (SSSR count). The molecular weight excluding hydrogens is 369 g/mol. The molecule has 0 aliphatic carbocycles. The van der Waals surface area contributed by atoms with Crippen molar-refractivity contribution in [2.75, 3.05) is 13.1 Å². The minimum atomic E-state index is -0.508. The molecule has 2 aromatic carbocycles. The van der Waals surface area contributed by atoms with Gasteiger partial charge in [0.1, 0.15) is 5.82 Å². The summed E-state index contributed by atoms with van der Waals surface area (Å²) in [5, 5.41) is -0.0198. The van der Waals surface area contributed by atoms with E-state index in [1.807, 2.05) is 12.1 Å². The Hall–Kier alpha value is -1.39. The van der Waals surface area contributed by atoms with Crippen molar-refractivity contribution in [3.05, 3.63) is 68.9 Å². The van der Waals surface area contributed by atoms with Crippen molar-refractivity contribution in [3.63, 3.8) is 0 Å². The van der Waals surface area contributed by atoms with Crippen LogP contribution in [0, 0.1) is 5.82 Å². The van der Waals surface area contributed by atoms with Gasteiger partial charge in [-0.15, -0.1) is 0 Å². The first kappa shape index (κ1) is 15.5. The van der Waals surface area contributed by atoms with Crippen LogP contribution in [-0.4, -0.2) is 23.9 Å². The van der Waals surface area contributed by atoms with Crippen molar-refractivity contribution in [2.24, 2.45) is 0 Å². The summed E-state index contributed by atoms with van der Waals surface area (Å²) in [6.45, 7) is 1.37. The number of carbonyl (C=O) groups is 1. The van der Waals surface area contributed by atoms with Gasteiger partial charge in [0.25, 0.3) is 5.91 Å². The molecule has 22 heavy (non-hydrogen) atoms. The summed E-state index contributed by atoms with van der Waals surface area (Å²) in [5.41, 5.74) is 1.66. The van der Waals surface area contributed by atoms with E-state index in [0.29, 0.717) is 24.6 Å². The molecule has 0 bridgehead atoms. The Balaban J connectivity index is 1.74. The SMILES string of the molecule is O=C(c1ccc(F)c(Cl)c1)N1CCC(c2cccc(Br)c2)C1. The second kappa shape index (κ2) is 6.39. The molecular formula is C17H14BrClFNO. The number of rotatable bonds is 2. The number of likely N-dealkylation sites (tertiary alicyclic amines) is 1. The number of carbonyl (C=O) groups excluding carboxylic acids is 1. The number of halogens is 3. The van der Waals surface area contributed by atoms with Crippen LogP contribution in [-0.2, 0) is 0 Å². The van der Waals surface area contributed by atoms with E-state index in [4.69, 9.17) is 11.6 Å². The van der Waals surface area contributed by atoms with Crippen molar-refractivity contribution < 1.29 is 9.18 Å². The predicted octanol–water partition coefficient (Wildman–Crippen LogP) is 4.87. The van der Waals surface area contributed by atoms with Crippen LogP contribution in [0.2, 0.25) is 5.02 Å². The molecule has 1 atom stereocenters. The zero-order valence-corrected chi connectivity index (χ0v) is 14.1. The summed E-state index contributed by atoms with van der Waals surface area (Å²) in [5.74, 6) is -0.275. The lowest BCUT2D eigenvalue weighted by Gasteiger charge is -2.17. The average Bonchev–Trinajstić information content (AvgIpc) is 2.99. The van der Waals surface area contributed by atoms with Gasteiger partial charge in [0, 0.05) is 29.0 Å². The van der Waals surface area contributed by atoms with Crippen LogP contribution >= 0.6 is 27.5 Å². The van der Waals surface area contributed by atoms with E-state index in [2.05, 4.69) is 28.1 Å². The molecule has 1 heterocycles. The van der Waals surface area contributed by atoms with Crippen LogP contribution in [0.5, 0.6) is 0 Å². The molecule has 5 heteroatoms. The second-order valence-electron chi connectivity index (χ2n) is 5.42. The normalized spacial score (nSPS) is 17.8. The Morgan fingerprint density at radius 2 is 2.09 bits per heavy atom. The van der Waals surface area contributed by atoms with Crippen molar-refractivity contribution in [1.82, 2.24) is 4.90 Å². The monoisotopic (exact) mass is 381 g/mol. The van der Waals surface area contributed by atoms with E-state index in [1.165, 1.54) is 23.8 Å². The number of hydrogen-bond acceptors (Lipinski definition) is 1. The van der Waals surface area contributed by atoms with Crippen LogP contribution in [0.15, 0.2) is 46.9 Å². The summed E-state index contributed by atoms with van der Waals surface area (Å²) in [7, 11) is 0. The minimum absolute atomic E-state index is 0.0198. The number of hydrogen-bond donors (Lipinski definition) is 0. The molecule has 114 valence electrons. The molecule has 1 amide bonds. The largest absolute Gasteiger partial charge is 0.338 e. The Morgan fingerprint density at radius 3 is 2.82 bits per heavy atom. The van der Waals surface area contributed by atoms with E-state index >= 15 is 0 Å². The molecule has 0 radical (unpaired) electrons. The maximum atomic E-state index is 13.2. The van der Waals surface area contributed by atoms with Crippen molar-refractivity contribution in [3.8, 4) is 0 Å². The van der Waals surface area contributed by atoms with Crippen LogP contribution < -0.4 is 0 Å². The number of amides is 1. The molecule has 1 aliphatic heterocycles. The summed E-state index contributed by atoms with van der Waals surface area (Å²) in [6.07, 6.45) is 0.928. The first-order valence-electron chi connectivity index (χ1n) is 7.04. The average molecular weight is 383 g/mol. The summed E-state index contributed by atoms with van der Waals surface area (Å²) in [6, 6.07) is 12.3. The molecule has 1 unspecified atom stereocenters. The van der Waals surface area contributed by atoms with Crippen molar-refractivity contribution in [2.45, 2.75) is 12.3 Å². The Kier molecular flexibility index (Phi) is 4.50. The molecule has 2 aromatic rings. The minimum Gasteiger partial charge on any atom is -0.338 e. The van der Waals surface area contributed by atoms with E-state index in [9.17, 15) is 9.18 Å². The first-order valence-corrected chi connectivity index (χ1v) is 8.21. The predicted molar refractivity (Wildman–Crippen MR) is 88.8 cm³/mol. The van der Waals surface area contributed by atoms with Crippen LogP contribution in [0.3, 0.4) is 0 Å². The smallest absolute Gasteiger partial charge is 0.253 e. The van der Waals surface area contributed by atoms with Gasteiger partial charge in [-0.05, 0) is 42.3 Å². The van der Waals surface area contributed by atoms with E-state index in [-0.39, 0.29) is 10.9 Å². The van der Waals surface area contributed by atoms with Gasteiger partial charge in [0.05, 0.1) is 5.02 Å². The third kappa shape index (κ3) is 3.18. The van der Waals surface area contributed by atoms with Crippen LogP contribution in [0.1, 0.15) is 28.3 Å². The van der Waals surface area contributed by atoms with Gasteiger partial charge in [0.2, 0.25) is 0 Å². The Labute approximate surface area is 142 Å². The zero-order valence-electron chi connectivity index (χ0n) is 11.7. The van der Waals surface area contributed by atoms with E-state index in [0.717, 1.165) is 10.9 Å². The molecule has 2 nitrogen and oxygen atoms in total. The lowest BCUT2D eigenvalue weighted by molar-refractivity contribution is 0.0790. The van der Waals surface area contributed by atoms with Gasteiger partial charge >= 0.3 is 0 Å². The van der Waals surface area contributed by atoms with Gasteiger partial charge < -0.3 is 4.90 Å². The third-order valence-corrected chi connectivity index (χ3v) is 4.74. The topological polar surface area (TPSA) is 20.3 Å². The molecule has 0 aromatic heterocycles. The maximum Gasteiger partial charge on any atom is 0.253 e.